The fraction of sp³-hybridized carbons (Fsp3) is 0.500. The van der Waals surface area contributed by atoms with Gasteiger partial charge in [0.1, 0.15) is 5.82 Å². The third-order valence-electron chi connectivity index (χ3n) is 6.02. The number of benzene rings is 1. The highest BCUT2D eigenvalue weighted by Gasteiger charge is 2.53. The number of hydrogen-bond donors (Lipinski definition) is 2. The second-order valence-electron chi connectivity index (χ2n) is 7.58. The maximum Gasteiger partial charge on any atom is 0.315 e. The molecule has 1 saturated carbocycles. The van der Waals surface area contributed by atoms with Gasteiger partial charge in [-0.1, -0.05) is 24.3 Å². The number of hydrogen-bond acceptors (Lipinski definition) is 2. The van der Waals surface area contributed by atoms with E-state index in [-0.39, 0.29) is 6.03 Å². The monoisotopic (exact) mass is 336 g/mol. The fourth-order valence-electron chi connectivity index (χ4n) is 4.69. The highest BCUT2D eigenvalue weighted by Crippen LogP contribution is 2.54. The van der Waals surface area contributed by atoms with E-state index >= 15 is 0 Å². The first-order valence-electron chi connectivity index (χ1n) is 9.47. The molecule has 2 heterocycles. The second-order valence-corrected chi connectivity index (χ2v) is 7.58. The van der Waals surface area contributed by atoms with E-state index in [0.29, 0.717) is 24.4 Å². The van der Waals surface area contributed by atoms with Gasteiger partial charge in [0.25, 0.3) is 0 Å². The summed E-state index contributed by atoms with van der Waals surface area (Å²) in [7, 11) is 0. The minimum absolute atomic E-state index is 0.0668. The molecule has 1 aromatic heterocycles. The molecule has 0 spiro atoms. The number of carbonyl (C=O) groups excluding carboxylic acids is 1. The van der Waals surface area contributed by atoms with Crippen LogP contribution in [0, 0.1) is 5.92 Å². The maximum absolute atomic E-state index is 12.3. The summed E-state index contributed by atoms with van der Waals surface area (Å²) in [5.41, 5.74) is 3.86. The van der Waals surface area contributed by atoms with Crippen molar-refractivity contribution in [3.63, 3.8) is 0 Å². The number of nitrogens with one attached hydrogen (secondary N) is 2. The second kappa shape index (κ2) is 5.90. The average Bonchev–Trinajstić information content (AvgIpc) is 3.17. The summed E-state index contributed by atoms with van der Waals surface area (Å²) in [5.74, 6) is 2.28. The van der Waals surface area contributed by atoms with Crippen LogP contribution in [0.15, 0.2) is 30.5 Å². The average molecular weight is 336 g/mol. The lowest BCUT2D eigenvalue weighted by molar-refractivity contribution is 0.239. The third kappa shape index (κ3) is 2.71. The smallest absolute Gasteiger partial charge is 0.315 e. The predicted molar refractivity (Wildman–Crippen MR) is 95.3 cm³/mol. The minimum atomic E-state index is -0.0668. The Morgan fingerprint density at radius 1 is 1.24 bits per heavy atom. The molecule has 1 fully saturated rings. The molecular weight excluding hydrogens is 312 g/mol. The van der Waals surface area contributed by atoms with Crippen LogP contribution in [0.5, 0.6) is 0 Å². The SMILES string of the molecule is O=C(NCc1cn2c(n1)CCCC2)NC1C2CCc3ccccc3C21. The number of rotatable bonds is 3. The zero-order chi connectivity index (χ0) is 16.8. The Balaban J connectivity index is 1.18. The van der Waals surface area contributed by atoms with Gasteiger partial charge in [-0.25, -0.2) is 9.78 Å². The number of aromatic nitrogens is 2. The zero-order valence-corrected chi connectivity index (χ0v) is 14.4. The molecule has 3 atom stereocenters. The van der Waals surface area contributed by atoms with Crippen LogP contribution in [0.2, 0.25) is 0 Å². The van der Waals surface area contributed by atoms with Crippen molar-refractivity contribution >= 4 is 6.03 Å². The molecule has 2 aromatic rings. The summed E-state index contributed by atoms with van der Waals surface area (Å²) < 4.78 is 2.23. The largest absolute Gasteiger partial charge is 0.335 e. The lowest BCUT2D eigenvalue weighted by Gasteiger charge is -2.13. The molecule has 2 N–H and O–H groups in total. The van der Waals surface area contributed by atoms with Gasteiger partial charge in [-0.3, -0.25) is 0 Å². The topological polar surface area (TPSA) is 59.0 Å². The van der Waals surface area contributed by atoms with Gasteiger partial charge in [-0.05, 0) is 42.7 Å². The zero-order valence-electron chi connectivity index (χ0n) is 14.4. The van der Waals surface area contributed by atoms with Crippen molar-refractivity contribution in [3.8, 4) is 0 Å². The summed E-state index contributed by atoms with van der Waals surface area (Å²) in [4.78, 5) is 16.9. The number of amides is 2. The molecule has 25 heavy (non-hydrogen) atoms. The van der Waals surface area contributed by atoms with Crippen LogP contribution in [-0.4, -0.2) is 21.6 Å². The Labute approximate surface area is 147 Å². The van der Waals surface area contributed by atoms with Gasteiger partial charge in [0.05, 0.1) is 12.2 Å². The van der Waals surface area contributed by atoms with Crippen LogP contribution < -0.4 is 10.6 Å². The van der Waals surface area contributed by atoms with E-state index < -0.39 is 0 Å². The van der Waals surface area contributed by atoms with Crippen molar-refractivity contribution in [1.29, 1.82) is 0 Å². The highest BCUT2D eigenvalue weighted by atomic mass is 16.2. The summed E-state index contributed by atoms with van der Waals surface area (Å²) in [6, 6.07) is 8.89. The molecule has 5 rings (SSSR count). The number of aryl methyl sites for hydroxylation is 3. The molecule has 2 amide bonds. The van der Waals surface area contributed by atoms with Gasteiger partial charge < -0.3 is 15.2 Å². The quantitative estimate of drug-likeness (QED) is 0.905. The normalized spacial score (nSPS) is 26.2. The van der Waals surface area contributed by atoms with Gasteiger partial charge in [0.2, 0.25) is 0 Å². The van der Waals surface area contributed by atoms with Gasteiger partial charge >= 0.3 is 6.03 Å². The van der Waals surface area contributed by atoms with Crippen molar-refractivity contribution in [3.05, 3.63) is 53.1 Å². The number of carbonyl (C=O) groups is 1. The van der Waals surface area contributed by atoms with Gasteiger partial charge in [0, 0.05) is 31.1 Å². The number of imidazole rings is 1. The molecule has 1 aromatic carbocycles. The third-order valence-corrected chi connectivity index (χ3v) is 6.02. The Kier molecular flexibility index (Phi) is 3.54. The van der Waals surface area contributed by atoms with Crippen molar-refractivity contribution in [2.45, 2.75) is 57.2 Å². The molecule has 0 radical (unpaired) electrons. The molecular formula is C20H24N4O. The van der Waals surface area contributed by atoms with E-state index in [2.05, 4.69) is 50.6 Å². The summed E-state index contributed by atoms with van der Waals surface area (Å²) >= 11 is 0. The van der Waals surface area contributed by atoms with E-state index in [4.69, 9.17) is 0 Å². The van der Waals surface area contributed by atoms with Crippen LogP contribution in [0.4, 0.5) is 4.79 Å². The fourth-order valence-corrected chi connectivity index (χ4v) is 4.69. The van der Waals surface area contributed by atoms with Crippen LogP contribution in [0.3, 0.4) is 0 Å². The first kappa shape index (κ1) is 15.0. The van der Waals surface area contributed by atoms with E-state index in [9.17, 15) is 4.79 Å². The lowest BCUT2D eigenvalue weighted by Crippen LogP contribution is -2.37. The van der Waals surface area contributed by atoms with Crippen LogP contribution in [0.25, 0.3) is 0 Å². The standard InChI is InChI=1S/C20H24N4O/c25-20(21-11-14-12-24-10-4-3-7-17(24)22-14)23-19-16-9-8-13-5-1-2-6-15(13)18(16)19/h1-2,5-6,12,16,18-19H,3-4,7-11H2,(H2,21,23,25). The first-order valence-corrected chi connectivity index (χ1v) is 9.47. The Morgan fingerprint density at radius 3 is 3.08 bits per heavy atom. The number of fused-ring (bicyclic) bond motifs is 4. The molecule has 130 valence electrons. The highest BCUT2D eigenvalue weighted by molar-refractivity contribution is 5.75. The predicted octanol–water partition coefficient (Wildman–Crippen LogP) is 2.75. The molecule has 5 nitrogen and oxygen atoms in total. The molecule has 0 bridgehead atoms. The van der Waals surface area contributed by atoms with Gasteiger partial charge in [0.15, 0.2) is 0 Å². The lowest BCUT2D eigenvalue weighted by atomic mass is 9.92. The first-order chi connectivity index (χ1) is 12.3. The van der Waals surface area contributed by atoms with Gasteiger partial charge in [-0.2, -0.15) is 0 Å². The van der Waals surface area contributed by atoms with E-state index in [1.807, 2.05) is 0 Å². The summed E-state index contributed by atoms with van der Waals surface area (Å²) in [6.07, 6.45) is 7.90. The van der Waals surface area contributed by atoms with E-state index in [0.717, 1.165) is 30.9 Å². The van der Waals surface area contributed by atoms with Crippen LogP contribution in [-0.2, 0) is 25.9 Å². The Bertz CT molecular complexity index is 788. The van der Waals surface area contributed by atoms with E-state index in [1.165, 1.54) is 30.4 Å². The van der Waals surface area contributed by atoms with Crippen LogP contribution >= 0.6 is 0 Å². The van der Waals surface area contributed by atoms with E-state index in [1.54, 1.807) is 0 Å². The van der Waals surface area contributed by atoms with Gasteiger partial charge in [-0.15, -0.1) is 0 Å². The minimum Gasteiger partial charge on any atom is -0.335 e. The van der Waals surface area contributed by atoms with Crippen molar-refractivity contribution in [2.24, 2.45) is 5.92 Å². The molecule has 3 aliphatic rings. The summed E-state index contributed by atoms with van der Waals surface area (Å²) in [6.45, 7) is 1.56. The maximum atomic E-state index is 12.3. The molecule has 5 heteroatoms. The molecule has 3 unspecified atom stereocenters. The van der Waals surface area contributed by atoms with Crippen molar-refractivity contribution in [2.75, 3.05) is 0 Å². The Morgan fingerprint density at radius 2 is 2.16 bits per heavy atom. The molecule has 1 aliphatic heterocycles. The number of nitrogens with zero attached hydrogens (tertiary/aromatic N) is 2. The Hall–Kier alpha value is -2.30. The molecule has 0 saturated heterocycles. The van der Waals surface area contributed by atoms with Crippen LogP contribution in [0.1, 0.15) is 47.8 Å². The van der Waals surface area contributed by atoms with Crippen molar-refractivity contribution < 1.29 is 4.79 Å². The number of urea groups is 1. The summed E-state index contributed by atoms with van der Waals surface area (Å²) in [5, 5.41) is 6.17. The van der Waals surface area contributed by atoms with Crippen molar-refractivity contribution in [1.82, 2.24) is 20.2 Å². The molecule has 2 aliphatic carbocycles.